The molecule has 0 spiro atoms. The first-order valence-electron chi connectivity index (χ1n) is 3.26. The minimum Gasteiger partial charge on any atom is -0.207 e. The summed E-state index contributed by atoms with van der Waals surface area (Å²) >= 11 is 0. The molecule has 0 amide bonds. The molecule has 0 fully saturated rings. The smallest absolute Gasteiger partial charge is 0.207 e. The van der Waals surface area contributed by atoms with Crippen molar-refractivity contribution in [3.05, 3.63) is 35.4 Å². The molecule has 0 bridgehead atoms. The number of benzene rings is 1. The van der Waals surface area contributed by atoms with E-state index in [1.54, 1.807) is 0 Å². The first-order valence-corrected chi connectivity index (χ1v) is 6.40. The predicted octanol–water partition coefficient (Wildman–Crippen LogP) is 2.98. The summed E-state index contributed by atoms with van der Waals surface area (Å²) in [6.07, 6.45) is 0. The Morgan fingerprint density at radius 2 is 1.43 bits per heavy atom. The Hall–Kier alpha value is -0.390. The Kier molecular flexibility index (Phi) is 5.33. The summed E-state index contributed by atoms with van der Waals surface area (Å²) in [5.41, 5.74) is 0.0810. The first-order chi connectivity index (χ1) is 6.22. The van der Waals surface area contributed by atoms with Crippen molar-refractivity contribution >= 4 is 29.6 Å². The lowest BCUT2D eigenvalue weighted by Crippen LogP contribution is -1.85. The molecule has 80 valence electrons. The predicted molar refractivity (Wildman–Crippen MR) is 51.7 cm³/mol. The highest BCUT2D eigenvalue weighted by Gasteiger charge is 1.99. The van der Waals surface area contributed by atoms with Crippen LogP contribution in [0.1, 0.15) is 5.56 Å². The molecule has 14 heavy (non-hydrogen) atoms. The highest BCUT2D eigenvalue weighted by molar-refractivity contribution is 8.31. The first kappa shape index (κ1) is 13.6. The summed E-state index contributed by atoms with van der Waals surface area (Å²) < 4.78 is 43.0. The molecular formula is C7H6Cl2F2O2S. The van der Waals surface area contributed by atoms with Crippen LogP contribution in [0.2, 0.25) is 0 Å². The van der Waals surface area contributed by atoms with Gasteiger partial charge in [-0.3, -0.25) is 0 Å². The molecular weight excluding hydrogens is 257 g/mol. The molecule has 0 atom stereocenters. The van der Waals surface area contributed by atoms with Gasteiger partial charge in [-0.2, -0.15) is 8.42 Å². The molecule has 0 unspecified atom stereocenters. The quantitative estimate of drug-likeness (QED) is 0.674. The second kappa shape index (κ2) is 5.48. The van der Waals surface area contributed by atoms with Gasteiger partial charge in [0.15, 0.2) is 0 Å². The molecule has 1 aromatic carbocycles. The second-order valence-corrected chi connectivity index (χ2v) is 5.89. The highest BCUT2D eigenvalue weighted by Crippen LogP contribution is 2.08. The third-order valence-corrected chi connectivity index (χ3v) is 1.20. The molecule has 1 rings (SSSR count). The van der Waals surface area contributed by atoms with Crippen molar-refractivity contribution in [3.63, 3.8) is 0 Å². The van der Waals surface area contributed by atoms with Gasteiger partial charge in [-0.05, 0) is 19.1 Å². The van der Waals surface area contributed by atoms with Crippen LogP contribution in [0.15, 0.2) is 18.2 Å². The van der Waals surface area contributed by atoms with Gasteiger partial charge in [0.2, 0.25) is 0 Å². The van der Waals surface area contributed by atoms with Crippen LogP contribution in [-0.4, -0.2) is 8.42 Å². The van der Waals surface area contributed by atoms with Crippen molar-refractivity contribution in [2.24, 2.45) is 0 Å². The van der Waals surface area contributed by atoms with E-state index in [0.29, 0.717) is 0 Å². The largest absolute Gasteiger partial charge is 0.317 e. The highest BCUT2D eigenvalue weighted by atomic mass is 36.0. The van der Waals surface area contributed by atoms with Gasteiger partial charge in [0, 0.05) is 26.9 Å². The SMILES string of the molecule is Cc1c(F)cccc1F.O=S(=O)(Cl)Cl. The average Bonchev–Trinajstić information content (AvgIpc) is 1.97. The number of hydrogen-bond acceptors (Lipinski definition) is 2. The molecule has 0 heterocycles. The fourth-order valence-corrected chi connectivity index (χ4v) is 0.581. The molecule has 0 radical (unpaired) electrons. The fourth-order valence-electron chi connectivity index (χ4n) is 0.581. The number of rotatable bonds is 0. The molecule has 0 aromatic heterocycles. The maximum atomic E-state index is 12.3. The van der Waals surface area contributed by atoms with Crippen molar-refractivity contribution < 1.29 is 17.2 Å². The van der Waals surface area contributed by atoms with Crippen LogP contribution >= 0.6 is 21.4 Å². The molecule has 0 saturated carbocycles. The van der Waals surface area contributed by atoms with E-state index < -0.39 is 19.9 Å². The fraction of sp³-hybridized carbons (Fsp3) is 0.143. The maximum absolute atomic E-state index is 12.3. The third-order valence-electron chi connectivity index (χ3n) is 1.20. The van der Waals surface area contributed by atoms with Gasteiger partial charge in [-0.15, -0.1) is 0 Å². The summed E-state index contributed by atoms with van der Waals surface area (Å²) in [7, 11) is 4.81. The molecule has 0 aliphatic carbocycles. The Labute approximate surface area is 89.4 Å². The number of hydrogen-bond donors (Lipinski definition) is 0. The van der Waals surface area contributed by atoms with E-state index in [0.717, 1.165) is 0 Å². The minimum absolute atomic E-state index is 0.0810. The van der Waals surface area contributed by atoms with E-state index in [1.165, 1.54) is 25.1 Å². The number of halogens is 4. The Morgan fingerprint density at radius 1 is 1.14 bits per heavy atom. The minimum atomic E-state index is -3.72. The van der Waals surface area contributed by atoms with Gasteiger partial charge in [0.1, 0.15) is 11.6 Å². The van der Waals surface area contributed by atoms with Crippen LogP contribution < -0.4 is 0 Å². The zero-order valence-electron chi connectivity index (χ0n) is 6.97. The molecule has 7 heteroatoms. The topological polar surface area (TPSA) is 34.1 Å². The van der Waals surface area contributed by atoms with Crippen molar-refractivity contribution in [2.45, 2.75) is 6.92 Å². The van der Waals surface area contributed by atoms with Gasteiger partial charge in [-0.25, -0.2) is 8.78 Å². The molecule has 1 aromatic rings. The van der Waals surface area contributed by atoms with Crippen LogP contribution in [0.5, 0.6) is 0 Å². The molecule has 0 aliphatic heterocycles. The lowest BCUT2D eigenvalue weighted by Gasteiger charge is -1.94. The van der Waals surface area contributed by atoms with Crippen LogP contribution in [0.25, 0.3) is 0 Å². The van der Waals surface area contributed by atoms with Gasteiger partial charge >= 0.3 is 8.26 Å². The van der Waals surface area contributed by atoms with Crippen LogP contribution in [0, 0.1) is 18.6 Å². The third kappa shape index (κ3) is 7.06. The van der Waals surface area contributed by atoms with E-state index >= 15 is 0 Å². The van der Waals surface area contributed by atoms with Gasteiger partial charge in [0.25, 0.3) is 0 Å². The van der Waals surface area contributed by atoms with E-state index in [4.69, 9.17) is 8.42 Å². The molecule has 0 aliphatic rings. The van der Waals surface area contributed by atoms with Crippen molar-refractivity contribution in [3.8, 4) is 0 Å². The molecule has 0 saturated heterocycles. The standard InChI is InChI=1S/C7H6F2.Cl2O2S/c1-5-6(8)3-2-4-7(5)9;1-5(2,3)4/h2-4H,1H3;. The van der Waals surface area contributed by atoms with Gasteiger partial charge in [-0.1, -0.05) is 6.07 Å². The summed E-state index contributed by atoms with van der Waals surface area (Å²) in [4.78, 5) is 0. The van der Waals surface area contributed by atoms with E-state index in [-0.39, 0.29) is 5.56 Å². The Morgan fingerprint density at radius 3 is 1.64 bits per heavy atom. The van der Waals surface area contributed by atoms with Gasteiger partial charge < -0.3 is 0 Å². The maximum Gasteiger partial charge on any atom is 0.317 e. The zero-order chi connectivity index (χ0) is 11.4. The van der Waals surface area contributed by atoms with E-state index in [2.05, 4.69) is 21.4 Å². The summed E-state index contributed by atoms with van der Waals surface area (Å²) in [5.74, 6) is -0.981. The monoisotopic (exact) mass is 262 g/mol. The molecule has 2 nitrogen and oxygen atoms in total. The van der Waals surface area contributed by atoms with E-state index in [9.17, 15) is 8.78 Å². The Balaban J connectivity index is 0.000000292. The summed E-state index contributed by atoms with van der Waals surface area (Å²) in [6.45, 7) is 1.41. The summed E-state index contributed by atoms with van der Waals surface area (Å²) in [6, 6.07) is 3.81. The lowest BCUT2D eigenvalue weighted by atomic mass is 10.2. The zero-order valence-corrected chi connectivity index (χ0v) is 9.30. The van der Waals surface area contributed by atoms with Crippen LogP contribution in [0.3, 0.4) is 0 Å². The van der Waals surface area contributed by atoms with Crippen LogP contribution in [-0.2, 0) is 8.26 Å². The average molecular weight is 263 g/mol. The van der Waals surface area contributed by atoms with Crippen LogP contribution in [0.4, 0.5) is 8.78 Å². The van der Waals surface area contributed by atoms with E-state index in [1.807, 2.05) is 0 Å². The van der Waals surface area contributed by atoms with Gasteiger partial charge in [0.05, 0.1) is 0 Å². The lowest BCUT2D eigenvalue weighted by molar-refractivity contribution is 0.568. The van der Waals surface area contributed by atoms with Crippen molar-refractivity contribution in [1.29, 1.82) is 0 Å². The summed E-state index contributed by atoms with van der Waals surface area (Å²) in [5, 5.41) is 0. The molecule has 0 N–H and O–H groups in total. The Bertz CT molecular complexity index is 378. The normalized spacial score (nSPS) is 10.4. The van der Waals surface area contributed by atoms with Crippen molar-refractivity contribution in [1.82, 2.24) is 0 Å². The second-order valence-electron chi connectivity index (χ2n) is 2.22. The van der Waals surface area contributed by atoms with Crippen molar-refractivity contribution in [2.75, 3.05) is 0 Å².